The largest absolute Gasteiger partial charge is 0.387 e. The van der Waals surface area contributed by atoms with E-state index in [9.17, 15) is 14.3 Å². The van der Waals surface area contributed by atoms with Gasteiger partial charge in [-0.05, 0) is 52.7 Å². The van der Waals surface area contributed by atoms with Crippen molar-refractivity contribution < 1.29 is 14.3 Å². The van der Waals surface area contributed by atoms with Crippen molar-refractivity contribution in [3.8, 4) is 5.69 Å². The van der Waals surface area contributed by atoms with E-state index >= 15 is 0 Å². The van der Waals surface area contributed by atoms with Crippen LogP contribution in [-0.2, 0) is 0 Å². The van der Waals surface area contributed by atoms with Crippen molar-refractivity contribution in [1.29, 1.82) is 0 Å². The molecule has 0 saturated heterocycles. The molecule has 1 aromatic heterocycles. The Balaban J connectivity index is 1.60. The van der Waals surface area contributed by atoms with Crippen LogP contribution in [0, 0.1) is 12.7 Å². The van der Waals surface area contributed by atoms with Crippen LogP contribution >= 0.6 is 0 Å². The first-order chi connectivity index (χ1) is 12.5. The Morgan fingerprint density at radius 2 is 2.04 bits per heavy atom. The summed E-state index contributed by atoms with van der Waals surface area (Å²) in [6.07, 6.45) is 0.529. The molecule has 3 N–H and O–H groups in total. The number of carbonyl (C=O) groups excluding carboxylic acids is 1. The van der Waals surface area contributed by atoms with Gasteiger partial charge in [-0.3, -0.25) is 0 Å². The summed E-state index contributed by atoms with van der Waals surface area (Å²) in [5.41, 5.74) is 2.74. The molecule has 0 aliphatic heterocycles. The van der Waals surface area contributed by atoms with Crippen molar-refractivity contribution in [3.63, 3.8) is 0 Å². The lowest BCUT2D eigenvalue weighted by molar-refractivity contribution is 0.175. The zero-order chi connectivity index (χ0) is 18.5. The van der Waals surface area contributed by atoms with Gasteiger partial charge in [0.25, 0.3) is 0 Å². The zero-order valence-corrected chi connectivity index (χ0v) is 13.9. The van der Waals surface area contributed by atoms with Gasteiger partial charge in [0.05, 0.1) is 11.8 Å². The third-order valence-electron chi connectivity index (χ3n) is 3.77. The van der Waals surface area contributed by atoms with Crippen molar-refractivity contribution in [1.82, 2.24) is 25.5 Å². The molecule has 2 aromatic carbocycles. The van der Waals surface area contributed by atoms with Gasteiger partial charge in [0.2, 0.25) is 0 Å². The summed E-state index contributed by atoms with van der Waals surface area (Å²) in [5, 5.41) is 26.3. The summed E-state index contributed by atoms with van der Waals surface area (Å²) in [4.78, 5) is 12.0. The number of hydrogen-bond donors (Lipinski definition) is 3. The normalized spacial score (nSPS) is 11.8. The van der Waals surface area contributed by atoms with Crippen LogP contribution in [0.3, 0.4) is 0 Å². The monoisotopic (exact) mass is 356 g/mol. The summed E-state index contributed by atoms with van der Waals surface area (Å²) in [6, 6.07) is 10.3. The fourth-order valence-corrected chi connectivity index (χ4v) is 2.37. The Morgan fingerprint density at radius 3 is 2.73 bits per heavy atom. The maximum Gasteiger partial charge on any atom is 0.319 e. The van der Waals surface area contributed by atoms with E-state index in [4.69, 9.17) is 0 Å². The number of aliphatic hydroxyl groups excluding tert-OH is 1. The number of urea groups is 1. The van der Waals surface area contributed by atoms with Gasteiger partial charge in [0.15, 0.2) is 0 Å². The number of tetrazole rings is 1. The van der Waals surface area contributed by atoms with Crippen LogP contribution in [0.25, 0.3) is 5.69 Å². The first-order valence-corrected chi connectivity index (χ1v) is 7.85. The predicted molar refractivity (Wildman–Crippen MR) is 92.3 cm³/mol. The molecule has 0 aliphatic rings. The Labute approximate surface area is 148 Å². The first-order valence-electron chi connectivity index (χ1n) is 7.85. The van der Waals surface area contributed by atoms with Crippen LogP contribution in [0.4, 0.5) is 14.9 Å². The minimum atomic E-state index is -0.934. The van der Waals surface area contributed by atoms with E-state index < -0.39 is 12.1 Å². The lowest BCUT2D eigenvalue weighted by atomic mass is 10.1. The van der Waals surface area contributed by atoms with Gasteiger partial charge in [-0.2, -0.15) is 0 Å². The molecule has 0 radical (unpaired) electrons. The van der Waals surface area contributed by atoms with Crippen LogP contribution in [0.15, 0.2) is 48.8 Å². The molecule has 2 amide bonds. The highest BCUT2D eigenvalue weighted by atomic mass is 19.1. The van der Waals surface area contributed by atoms with E-state index in [2.05, 4.69) is 26.2 Å². The van der Waals surface area contributed by atoms with Gasteiger partial charge in [-0.15, -0.1) is 5.10 Å². The highest BCUT2D eigenvalue weighted by Gasteiger charge is 2.11. The molecular weight excluding hydrogens is 339 g/mol. The second-order valence-corrected chi connectivity index (χ2v) is 5.66. The quantitative estimate of drug-likeness (QED) is 0.648. The van der Waals surface area contributed by atoms with Gasteiger partial charge >= 0.3 is 6.03 Å². The van der Waals surface area contributed by atoms with E-state index in [0.29, 0.717) is 11.3 Å². The fourth-order valence-electron chi connectivity index (χ4n) is 2.37. The molecule has 0 fully saturated rings. The maximum absolute atomic E-state index is 12.9. The molecule has 134 valence electrons. The number of nitrogens with zero attached hydrogens (tertiary/aromatic N) is 4. The molecule has 8 nitrogen and oxygen atoms in total. The Kier molecular flexibility index (Phi) is 5.18. The predicted octanol–water partition coefficient (Wildman–Crippen LogP) is 1.96. The van der Waals surface area contributed by atoms with Gasteiger partial charge in [-0.25, -0.2) is 13.9 Å². The zero-order valence-electron chi connectivity index (χ0n) is 13.9. The number of halogens is 1. The molecule has 0 saturated carbocycles. The molecule has 26 heavy (non-hydrogen) atoms. The third-order valence-corrected chi connectivity index (χ3v) is 3.77. The highest BCUT2D eigenvalue weighted by molar-refractivity contribution is 5.89. The SMILES string of the molecule is Cc1ccc(NC(=O)NC[C@H](O)c2ccc(F)cc2)cc1-n1cnnn1. The van der Waals surface area contributed by atoms with E-state index in [1.54, 1.807) is 12.1 Å². The minimum Gasteiger partial charge on any atom is -0.387 e. The molecule has 3 rings (SSSR count). The van der Waals surface area contributed by atoms with Gasteiger partial charge in [-0.1, -0.05) is 18.2 Å². The number of amides is 2. The van der Waals surface area contributed by atoms with E-state index in [1.807, 2.05) is 13.0 Å². The molecule has 0 spiro atoms. The number of benzene rings is 2. The third kappa shape index (κ3) is 4.19. The molecule has 1 heterocycles. The average molecular weight is 356 g/mol. The molecule has 1 atom stereocenters. The Morgan fingerprint density at radius 1 is 1.27 bits per heavy atom. The average Bonchev–Trinajstić information content (AvgIpc) is 3.16. The van der Waals surface area contributed by atoms with Crippen molar-refractivity contribution in [2.75, 3.05) is 11.9 Å². The summed E-state index contributed by atoms with van der Waals surface area (Å²) >= 11 is 0. The van der Waals surface area contributed by atoms with Crippen molar-refractivity contribution in [2.24, 2.45) is 0 Å². The van der Waals surface area contributed by atoms with Crippen LogP contribution in [0.1, 0.15) is 17.2 Å². The van der Waals surface area contributed by atoms with E-state index in [-0.39, 0.29) is 12.4 Å². The number of hydrogen-bond acceptors (Lipinski definition) is 5. The van der Waals surface area contributed by atoms with Crippen LogP contribution in [-0.4, -0.2) is 37.9 Å². The van der Waals surface area contributed by atoms with Crippen LogP contribution < -0.4 is 10.6 Å². The van der Waals surface area contributed by atoms with E-state index in [0.717, 1.165) is 11.3 Å². The lowest BCUT2D eigenvalue weighted by Crippen LogP contribution is -2.32. The van der Waals surface area contributed by atoms with Crippen molar-refractivity contribution in [3.05, 3.63) is 65.7 Å². The van der Waals surface area contributed by atoms with E-state index in [1.165, 1.54) is 35.3 Å². The summed E-state index contributed by atoms with van der Waals surface area (Å²) in [7, 11) is 0. The number of nitrogens with one attached hydrogen (secondary N) is 2. The van der Waals surface area contributed by atoms with Crippen LogP contribution in [0.2, 0.25) is 0 Å². The van der Waals surface area contributed by atoms with Crippen molar-refractivity contribution in [2.45, 2.75) is 13.0 Å². The number of aryl methyl sites for hydroxylation is 1. The molecular formula is C17H17FN6O2. The molecule has 0 aliphatic carbocycles. The van der Waals surface area contributed by atoms with Gasteiger partial charge in [0.1, 0.15) is 12.1 Å². The second-order valence-electron chi connectivity index (χ2n) is 5.66. The summed E-state index contributed by atoms with van der Waals surface area (Å²) in [5.74, 6) is -0.385. The minimum absolute atomic E-state index is 0.0107. The van der Waals surface area contributed by atoms with Gasteiger partial charge < -0.3 is 15.7 Å². The Hall–Kier alpha value is -3.33. The molecule has 3 aromatic rings. The number of aromatic nitrogens is 4. The first kappa shape index (κ1) is 17.5. The molecule has 9 heteroatoms. The van der Waals surface area contributed by atoms with Crippen molar-refractivity contribution >= 4 is 11.7 Å². The summed E-state index contributed by atoms with van der Waals surface area (Å²) in [6.45, 7) is 1.89. The topological polar surface area (TPSA) is 105 Å². The standard InChI is InChI=1S/C17H17FN6O2/c1-11-2-7-14(8-15(11)24-10-20-22-23-24)21-17(26)19-9-16(25)12-3-5-13(18)6-4-12/h2-8,10,16,25H,9H2,1H3,(H2,19,21,26)/t16-/m0/s1. The number of carbonyl (C=O) groups is 1. The fraction of sp³-hybridized carbons (Fsp3) is 0.176. The number of anilines is 1. The molecule has 0 unspecified atom stereocenters. The number of aliphatic hydroxyl groups is 1. The Bertz CT molecular complexity index is 883. The highest BCUT2D eigenvalue weighted by Crippen LogP contribution is 2.18. The maximum atomic E-state index is 12.9. The summed E-state index contributed by atoms with van der Waals surface area (Å²) < 4.78 is 14.4. The smallest absolute Gasteiger partial charge is 0.319 e. The van der Waals surface area contributed by atoms with Gasteiger partial charge in [0, 0.05) is 12.2 Å². The van der Waals surface area contributed by atoms with Crippen LogP contribution in [0.5, 0.6) is 0 Å². The second kappa shape index (κ2) is 7.70. The number of rotatable bonds is 5. The molecule has 0 bridgehead atoms. The lowest BCUT2D eigenvalue weighted by Gasteiger charge is -2.14.